The van der Waals surface area contributed by atoms with Gasteiger partial charge in [-0.25, -0.2) is 8.78 Å². The van der Waals surface area contributed by atoms with E-state index in [0.717, 1.165) is 5.69 Å². The number of likely N-dealkylation sites (tertiary alicyclic amines) is 1. The molecule has 11 heteroatoms. The number of carbonyl (C=O) groups excluding carboxylic acids is 2. The number of alkyl halides is 2. The number of aromatic nitrogens is 1. The fourth-order valence-corrected chi connectivity index (χ4v) is 5.23. The number of amides is 2. The van der Waals surface area contributed by atoms with Crippen LogP contribution in [0.4, 0.5) is 12.7 Å². The molecule has 0 aromatic carbocycles. The molecule has 0 spiro atoms. The van der Waals surface area contributed by atoms with Crippen LogP contribution < -0.4 is 5.32 Å². The number of hydrogen-bond donors (Lipinski definition) is 1. The molecule has 1 aromatic rings. The van der Waals surface area contributed by atoms with E-state index in [0.29, 0.717) is 27.9 Å². The molecular formula is C19H20F3N3O4S. The summed E-state index contributed by atoms with van der Waals surface area (Å²) < 4.78 is 62.1. The molecule has 2 fully saturated rings. The van der Waals surface area contributed by atoms with Gasteiger partial charge in [-0.15, -0.1) is 3.89 Å². The van der Waals surface area contributed by atoms with Crippen molar-refractivity contribution >= 4 is 28.1 Å². The van der Waals surface area contributed by atoms with Gasteiger partial charge in [0.2, 0.25) is 5.91 Å². The summed E-state index contributed by atoms with van der Waals surface area (Å²) in [5.74, 6) is -4.88. The lowest BCUT2D eigenvalue weighted by Gasteiger charge is -2.23. The highest BCUT2D eigenvalue weighted by Crippen LogP contribution is 2.57. The SMILES string of the molecule is CC1C2C=Cc3c(C(=O)NCC(=O)N4CC(F)(F)CC4CS(=O)(=O)F)ccnc3C12. The highest BCUT2D eigenvalue weighted by Gasteiger charge is 2.50. The first kappa shape index (κ1) is 20.8. The number of hydrogen-bond acceptors (Lipinski definition) is 5. The van der Waals surface area contributed by atoms with Crippen molar-refractivity contribution in [3.63, 3.8) is 0 Å². The Bertz CT molecular complexity index is 1040. The van der Waals surface area contributed by atoms with Crippen LogP contribution in [0.2, 0.25) is 0 Å². The van der Waals surface area contributed by atoms with Gasteiger partial charge in [-0.1, -0.05) is 19.1 Å². The predicted molar refractivity (Wildman–Crippen MR) is 101 cm³/mol. The quantitative estimate of drug-likeness (QED) is 0.700. The Morgan fingerprint density at radius 1 is 1.37 bits per heavy atom. The zero-order valence-corrected chi connectivity index (χ0v) is 16.8. The van der Waals surface area contributed by atoms with Crippen LogP contribution in [0.3, 0.4) is 0 Å². The molecule has 2 heterocycles. The standard InChI is InChI=1S/C19H20F3N3O4S/c1-10-12-2-3-13-14(4-5-23-17(13)16(10)12)18(27)24-7-15(26)25-9-19(20,21)6-11(25)8-30(22,28)29/h2-5,10-12,16H,6-9H2,1H3,(H,24,27). The molecule has 30 heavy (non-hydrogen) atoms. The van der Waals surface area contributed by atoms with E-state index in [9.17, 15) is 30.7 Å². The lowest BCUT2D eigenvalue weighted by atomic mass is 9.97. The van der Waals surface area contributed by atoms with Crippen molar-refractivity contribution in [1.82, 2.24) is 15.2 Å². The van der Waals surface area contributed by atoms with Crippen molar-refractivity contribution in [2.24, 2.45) is 11.8 Å². The topological polar surface area (TPSA) is 96.4 Å². The van der Waals surface area contributed by atoms with Crippen LogP contribution in [0.25, 0.3) is 6.08 Å². The predicted octanol–water partition coefficient (Wildman–Crippen LogP) is 1.72. The molecule has 2 amide bonds. The van der Waals surface area contributed by atoms with Crippen LogP contribution >= 0.6 is 0 Å². The smallest absolute Gasteiger partial charge is 0.304 e. The molecular weight excluding hydrogens is 423 g/mol. The zero-order valence-electron chi connectivity index (χ0n) is 16.0. The molecule has 1 aliphatic heterocycles. The second kappa shape index (κ2) is 7.07. The summed E-state index contributed by atoms with van der Waals surface area (Å²) in [6, 6.07) is 0.0306. The molecule has 0 radical (unpaired) electrons. The van der Waals surface area contributed by atoms with Crippen molar-refractivity contribution in [2.45, 2.75) is 31.2 Å². The summed E-state index contributed by atoms with van der Waals surface area (Å²) in [5, 5.41) is 2.40. The minimum Gasteiger partial charge on any atom is -0.343 e. The van der Waals surface area contributed by atoms with Gasteiger partial charge in [0, 0.05) is 29.7 Å². The molecule has 3 aliphatic rings. The van der Waals surface area contributed by atoms with Gasteiger partial charge in [0.1, 0.15) is 5.75 Å². The Hall–Kier alpha value is -2.43. The molecule has 1 saturated carbocycles. The van der Waals surface area contributed by atoms with Gasteiger partial charge < -0.3 is 10.2 Å². The van der Waals surface area contributed by atoms with Crippen molar-refractivity contribution < 1.29 is 30.7 Å². The molecule has 4 atom stereocenters. The molecule has 7 nitrogen and oxygen atoms in total. The van der Waals surface area contributed by atoms with Crippen molar-refractivity contribution in [3.05, 3.63) is 35.2 Å². The van der Waals surface area contributed by atoms with Crippen molar-refractivity contribution in [3.8, 4) is 0 Å². The first-order chi connectivity index (χ1) is 14.0. The fourth-order valence-electron chi connectivity index (χ4n) is 4.48. The van der Waals surface area contributed by atoms with Gasteiger partial charge in [-0.05, 0) is 17.9 Å². The lowest BCUT2D eigenvalue weighted by Crippen LogP contribution is -2.45. The summed E-state index contributed by atoms with van der Waals surface area (Å²) in [5.41, 5.74) is 1.81. The highest BCUT2D eigenvalue weighted by atomic mass is 32.3. The second-order valence-corrected chi connectivity index (χ2v) is 9.51. The summed E-state index contributed by atoms with van der Waals surface area (Å²) >= 11 is 0. The van der Waals surface area contributed by atoms with Crippen LogP contribution in [0.5, 0.6) is 0 Å². The van der Waals surface area contributed by atoms with E-state index in [-0.39, 0.29) is 5.92 Å². The van der Waals surface area contributed by atoms with Crippen LogP contribution in [0.1, 0.15) is 40.9 Å². The average Bonchev–Trinajstić information content (AvgIpc) is 3.22. The third-order valence-electron chi connectivity index (χ3n) is 6.00. The number of halogens is 3. The van der Waals surface area contributed by atoms with Gasteiger partial charge in [0.25, 0.3) is 11.8 Å². The van der Waals surface area contributed by atoms with E-state index in [2.05, 4.69) is 17.2 Å². The molecule has 4 unspecified atom stereocenters. The van der Waals surface area contributed by atoms with Crippen LogP contribution in [-0.2, 0) is 15.0 Å². The van der Waals surface area contributed by atoms with Crippen LogP contribution in [0, 0.1) is 11.8 Å². The van der Waals surface area contributed by atoms with Gasteiger partial charge in [-0.3, -0.25) is 14.6 Å². The first-order valence-corrected chi connectivity index (χ1v) is 11.1. The summed E-state index contributed by atoms with van der Waals surface area (Å²) in [6.45, 7) is 0.471. The Balaban J connectivity index is 1.45. The highest BCUT2D eigenvalue weighted by molar-refractivity contribution is 7.86. The van der Waals surface area contributed by atoms with E-state index in [4.69, 9.17) is 0 Å². The summed E-state index contributed by atoms with van der Waals surface area (Å²) in [6.07, 6.45) is 4.42. The van der Waals surface area contributed by atoms with Crippen LogP contribution in [-0.4, -0.2) is 60.9 Å². The fraction of sp³-hybridized carbons (Fsp3) is 0.526. The lowest BCUT2D eigenvalue weighted by molar-refractivity contribution is -0.131. The van der Waals surface area contributed by atoms with E-state index in [1.807, 2.05) is 12.2 Å². The van der Waals surface area contributed by atoms with Crippen LogP contribution in [0.15, 0.2) is 18.3 Å². The molecule has 4 rings (SSSR count). The van der Waals surface area contributed by atoms with Gasteiger partial charge in [-0.2, -0.15) is 8.42 Å². The molecule has 162 valence electrons. The third kappa shape index (κ3) is 3.94. The molecule has 1 N–H and O–H groups in total. The Kier molecular flexibility index (Phi) is 4.91. The normalized spacial score (nSPS) is 28.6. The van der Waals surface area contributed by atoms with Gasteiger partial charge >= 0.3 is 10.2 Å². The van der Waals surface area contributed by atoms with Gasteiger partial charge in [0.05, 0.1) is 24.8 Å². The van der Waals surface area contributed by atoms with Gasteiger partial charge in [0.15, 0.2) is 0 Å². The number of nitrogens with one attached hydrogen (secondary N) is 1. The number of nitrogens with zero attached hydrogens (tertiary/aromatic N) is 2. The molecule has 0 bridgehead atoms. The first-order valence-electron chi connectivity index (χ1n) is 9.52. The Morgan fingerprint density at radius 2 is 2.10 bits per heavy atom. The number of fused-ring (bicyclic) bond motifs is 3. The average molecular weight is 443 g/mol. The molecule has 1 aromatic heterocycles. The minimum atomic E-state index is -5.04. The Morgan fingerprint density at radius 3 is 2.80 bits per heavy atom. The van der Waals surface area contributed by atoms with E-state index < -0.39 is 59.3 Å². The minimum absolute atomic E-state index is 0.259. The zero-order chi connectivity index (χ0) is 21.8. The largest absolute Gasteiger partial charge is 0.343 e. The maximum atomic E-state index is 13.7. The van der Waals surface area contributed by atoms with E-state index >= 15 is 0 Å². The Labute approximate surface area is 171 Å². The number of pyridine rings is 1. The second-order valence-electron chi connectivity index (χ2n) is 8.10. The van der Waals surface area contributed by atoms with Crippen molar-refractivity contribution in [2.75, 3.05) is 18.8 Å². The number of rotatable bonds is 5. The third-order valence-corrected chi connectivity index (χ3v) is 6.79. The maximum absolute atomic E-state index is 13.7. The monoisotopic (exact) mass is 443 g/mol. The van der Waals surface area contributed by atoms with E-state index in [1.54, 1.807) is 0 Å². The summed E-state index contributed by atoms with van der Waals surface area (Å²) in [7, 11) is -5.04. The summed E-state index contributed by atoms with van der Waals surface area (Å²) in [4.78, 5) is 30.0. The molecule has 2 aliphatic carbocycles. The number of allylic oxidation sites excluding steroid dienone is 1. The number of carbonyl (C=O) groups is 2. The molecule has 1 saturated heterocycles. The van der Waals surface area contributed by atoms with Crippen molar-refractivity contribution in [1.29, 1.82) is 0 Å². The van der Waals surface area contributed by atoms with E-state index in [1.165, 1.54) is 12.3 Å². The maximum Gasteiger partial charge on any atom is 0.304 e.